The molecule has 2 aromatic heterocycles. The molecular formula is C25H23F4N5O2. The van der Waals surface area contributed by atoms with Crippen molar-refractivity contribution in [3.8, 4) is 5.75 Å². The van der Waals surface area contributed by atoms with Crippen LogP contribution >= 0.6 is 0 Å². The molecule has 7 nitrogen and oxygen atoms in total. The van der Waals surface area contributed by atoms with E-state index in [1.165, 1.54) is 17.7 Å². The first-order valence-corrected chi connectivity index (χ1v) is 11.3. The molecule has 0 N–H and O–H groups in total. The summed E-state index contributed by atoms with van der Waals surface area (Å²) in [7, 11) is 1.44. The summed E-state index contributed by atoms with van der Waals surface area (Å²) in [6.45, 7) is 2.34. The minimum absolute atomic E-state index is 0.230. The van der Waals surface area contributed by atoms with Gasteiger partial charge in [-0.25, -0.2) is 19.2 Å². The van der Waals surface area contributed by atoms with Crippen molar-refractivity contribution < 1.29 is 22.3 Å². The summed E-state index contributed by atoms with van der Waals surface area (Å²) in [5, 5.41) is 0. The van der Waals surface area contributed by atoms with Gasteiger partial charge >= 0.3 is 11.9 Å². The standard InChI is InChI=1S/C25H23F4N5O2/c1-15-5-3-6-18(26)21(15)32-10-9-17(13-32)34-19-7-4-8-20(36-2)22(19)33(24(34)35)12-16-11-30-14-31-23(16)25(27,28)29/h3-8,11,14,17H,9-10,12-13H2,1-2H3/t17-/m1/s1. The van der Waals surface area contributed by atoms with E-state index in [0.717, 1.165) is 18.1 Å². The molecule has 1 saturated heterocycles. The SMILES string of the molecule is COc1cccc2c1n(Cc1cncnc1C(F)(F)F)c(=O)n2[C@@H]1CCN(c2c(C)cccc2F)C1. The maximum absolute atomic E-state index is 14.6. The number of para-hydroxylation sites is 2. The average Bonchev–Trinajstić information content (AvgIpc) is 3.41. The lowest BCUT2D eigenvalue weighted by atomic mass is 10.2. The summed E-state index contributed by atoms with van der Waals surface area (Å²) in [5.74, 6) is 0.0180. The van der Waals surface area contributed by atoms with Gasteiger partial charge in [0, 0.05) is 24.8 Å². The number of methoxy groups -OCH3 is 1. The van der Waals surface area contributed by atoms with Gasteiger partial charge in [0.25, 0.3) is 0 Å². The fourth-order valence-electron chi connectivity index (χ4n) is 5.05. The van der Waals surface area contributed by atoms with E-state index in [4.69, 9.17) is 4.74 Å². The lowest BCUT2D eigenvalue weighted by molar-refractivity contribution is -0.142. The molecule has 0 unspecified atom stereocenters. The number of aryl methyl sites for hydroxylation is 1. The van der Waals surface area contributed by atoms with Crippen LogP contribution < -0.4 is 15.3 Å². The van der Waals surface area contributed by atoms with Gasteiger partial charge in [0.1, 0.15) is 23.4 Å². The Balaban J connectivity index is 1.61. The molecule has 0 radical (unpaired) electrons. The van der Waals surface area contributed by atoms with Crippen molar-refractivity contribution in [1.82, 2.24) is 19.1 Å². The number of hydrogen-bond donors (Lipinski definition) is 0. The number of ether oxygens (including phenoxy) is 1. The molecule has 0 spiro atoms. The van der Waals surface area contributed by atoms with E-state index in [9.17, 15) is 22.4 Å². The summed E-state index contributed by atoms with van der Waals surface area (Å²) in [6, 6.07) is 9.67. The van der Waals surface area contributed by atoms with Gasteiger partial charge < -0.3 is 9.64 Å². The van der Waals surface area contributed by atoms with E-state index in [2.05, 4.69) is 9.97 Å². The zero-order valence-electron chi connectivity index (χ0n) is 19.6. The van der Waals surface area contributed by atoms with Crippen LogP contribution in [0.25, 0.3) is 11.0 Å². The molecule has 2 aromatic carbocycles. The molecule has 188 valence electrons. The smallest absolute Gasteiger partial charge is 0.433 e. The van der Waals surface area contributed by atoms with Crippen molar-refractivity contribution in [3.63, 3.8) is 0 Å². The molecular weight excluding hydrogens is 478 g/mol. The Labute approximate surface area is 203 Å². The van der Waals surface area contributed by atoms with Crippen LogP contribution in [0.4, 0.5) is 23.2 Å². The quantitative estimate of drug-likeness (QED) is 0.375. The van der Waals surface area contributed by atoms with Crippen molar-refractivity contribution in [1.29, 1.82) is 0 Å². The number of fused-ring (bicyclic) bond motifs is 1. The van der Waals surface area contributed by atoms with Gasteiger partial charge in [0.15, 0.2) is 5.69 Å². The van der Waals surface area contributed by atoms with Gasteiger partial charge in [0.05, 0.1) is 30.9 Å². The third-order valence-electron chi connectivity index (χ3n) is 6.58. The second-order valence-corrected chi connectivity index (χ2v) is 8.75. The van der Waals surface area contributed by atoms with Crippen LogP contribution in [0, 0.1) is 12.7 Å². The second-order valence-electron chi connectivity index (χ2n) is 8.75. The highest BCUT2D eigenvalue weighted by Gasteiger charge is 2.36. The van der Waals surface area contributed by atoms with Gasteiger partial charge in [-0.3, -0.25) is 9.13 Å². The van der Waals surface area contributed by atoms with E-state index < -0.39 is 17.6 Å². The number of benzene rings is 2. The largest absolute Gasteiger partial charge is 0.494 e. The number of anilines is 1. The van der Waals surface area contributed by atoms with Crippen molar-refractivity contribution in [2.45, 2.75) is 32.1 Å². The number of alkyl halides is 3. The number of nitrogens with zero attached hydrogens (tertiary/aromatic N) is 5. The summed E-state index contributed by atoms with van der Waals surface area (Å²) in [6.07, 6.45) is -2.24. The molecule has 0 bridgehead atoms. The van der Waals surface area contributed by atoms with E-state index in [0.29, 0.717) is 42.0 Å². The monoisotopic (exact) mass is 501 g/mol. The predicted molar refractivity (Wildman–Crippen MR) is 126 cm³/mol. The lowest BCUT2D eigenvalue weighted by Gasteiger charge is -2.21. The summed E-state index contributed by atoms with van der Waals surface area (Å²) in [5.41, 5.74) is 0.378. The summed E-state index contributed by atoms with van der Waals surface area (Å²) in [4.78, 5) is 22.8. The van der Waals surface area contributed by atoms with Gasteiger partial charge in [-0.15, -0.1) is 0 Å². The fraction of sp³-hybridized carbons (Fsp3) is 0.320. The van der Waals surface area contributed by atoms with Crippen LogP contribution in [-0.2, 0) is 12.7 Å². The van der Waals surface area contributed by atoms with Crippen LogP contribution in [0.3, 0.4) is 0 Å². The first kappa shape index (κ1) is 23.8. The highest BCUT2D eigenvalue weighted by atomic mass is 19.4. The Kier molecular flexibility index (Phi) is 5.93. The molecule has 1 fully saturated rings. The fourth-order valence-corrected chi connectivity index (χ4v) is 5.05. The number of halogens is 4. The predicted octanol–water partition coefficient (Wildman–Crippen LogP) is 4.57. The highest BCUT2D eigenvalue weighted by Crippen LogP contribution is 2.35. The van der Waals surface area contributed by atoms with Gasteiger partial charge in [-0.2, -0.15) is 13.2 Å². The van der Waals surface area contributed by atoms with E-state index in [1.807, 2.05) is 17.9 Å². The average molecular weight is 501 g/mol. The molecule has 0 aliphatic carbocycles. The minimum Gasteiger partial charge on any atom is -0.494 e. The van der Waals surface area contributed by atoms with Crippen molar-refractivity contribution in [2.75, 3.05) is 25.1 Å². The van der Waals surface area contributed by atoms with E-state index >= 15 is 0 Å². The Morgan fingerprint density at radius 3 is 2.67 bits per heavy atom. The zero-order valence-corrected chi connectivity index (χ0v) is 19.6. The van der Waals surface area contributed by atoms with Crippen molar-refractivity contribution >= 4 is 16.7 Å². The van der Waals surface area contributed by atoms with E-state index in [1.54, 1.807) is 28.8 Å². The maximum Gasteiger partial charge on any atom is 0.433 e. The molecule has 0 amide bonds. The Bertz CT molecular complexity index is 1470. The second kappa shape index (κ2) is 8.96. The number of imidazole rings is 1. The molecule has 4 aromatic rings. The first-order chi connectivity index (χ1) is 17.2. The normalized spacial score (nSPS) is 16.2. The topological polar surface area (TPSA) is 65.2 Å². The molecule has 1 atom stereocenters. The van der Waals surface area contributed by atoms with Crippen LogP contribution in [0.5, 0.6) is 5.75 Å². The van der Waals surface area contributed by atoms with E-state index in [-0.39, 0.29) is 24.0 Å². The first-order valence-electron chi connectivity index (χ1n) is 11.3. The van der Waals surface area contributed by atoms with Crippen molar-refractivity contribution in [2.24, 2.45) is 0 Å². The molecule has 0 saturated carbocycles. The maximum atomic E-state index is 14.6. The molecule has 1 aliphatic heterocycles. The third-order valence-corrected chi connectivity index (χ3v) is 6.58. The Morgan fingerprint density at radius 1 is 1.17 bits per heavy atom. The van der Waals surface area contributed by atoms with Crippen molar-refractivity contribution in [3.05, 3.63) is 82.0 Å². The van der Waals surface area contributed by atoms with Gasteiger partial charge in [-0.1, -0.05) is 18.2 Å². The van der Waals surface area contributed by atoms with Crippen LogP contribution in [0.15, 0.2) is 53.7 Å². The molecule has 36 heavy (non-hydrogen) atoms. The van der Waals surface area contributed by atoms with Crippen LogP contribution in [-0.4, -0.2) is 39.3 Å². The third kappa shape index (κ3) is 3.98. The van der Waals surface area contributed by atoms with Gasteiger partial charge in [-0.05, 0) is 37.1 Å². The van der Waals surface area contributed by atoms with Gasteiger partial charge in [0.2, 0.25) is 0 Å². The number of rotatable bonds is 5. The Hall–Kier alpha value is -3.89. The number of hydrogen-bond acceptors (Lipinski definition) is 5. The summed E-state index contributed by atoms with van der Waals surface area (Å²) < 4.78 is 63.7. The summed E-state index contributed by atoms with van der Waals surface area (Å²) >= 11 is 0. The minimum atomic E-state index is -4.70. The Morgan fingerprint density at radius 2 is 1.94 bits per heavy atom. The zero-order chi connectivity index (χ0) is 25.6. The van der Waals surface area contributed by atoms with Crippen LogP contribution in [0.1, 0.15) is 29.3 Å². The molecule has 11 heteroatoms. The lowest BCUT2D eigenvalue weighted by Crippen LogP contribution is -2.30. The number of aromatic nitrogens is 4. The van der Waals surface area contributed by atoms with Crippen LogP contribution in [0.2, 0.25) is 0 Å². The molecule has 3 heterocycles. The highest BCUT2D eigenvalue weighted by molar-refractivity contribution is 5.83. The molecule has 5 rings (SSSR count). The molecule has 1 aliphatic rings.